The molecule has 1 aliphatic heterocycles. The number of primary sulfonamides is 1. The smallest absolute Gasteiger partial charge is 0.271 e. The Balaban J connectivity index is 2.44. The Bertz CT molecular complexity index is 703. The minimum atomic E-state index is -4.06. The number of furan rings is 1. The predicted octanol–water partition coefficient (Wildman–Crippen LogP) is 0.391. The molecule has 0 radical (unpaired) electrons. The SMILES string of the molecule is CC(C)CNC1CCS(=O)(=O)c2oc(S(N)(=O)=O)cc21. The van der Waals surface area contributed by atoms with E-state index in [0.29, 0.717) is 24.4 Å². The summed E-state index contributed by atoms with van der Waals surface area (Å²) in [4.78, 5) is 0. The third kappa shape index (κ3) is 3.05. The van der Waals surface area contributed by atoms with Crippen LogP contribution in [-0.2, 0) is 19.9 Å². The Labute approximate surface area is 118 Å². The maximum Gasteiger partial charge on any atom is 0.271 e. The van der Waals surface area contributed by atoms with Crippen LogP contribution < -0.4 is 10.5 Å². The second-order valence-electron chi connectivity index (χ2n) is 5.32. The molecular formula is C11H18N2O5S2. The Kier molecular flexibility index (Phi) is 3.98. The molecule has 3 N–H and O–H groups in total. The Morgan fingerprint density at radius 3 is 2.70 bits per heavy atom. The second kappa shape index (κ2) is 5.14. The fraction of sp³-hybridized carbons (Fsp3) is 0.636. The van der Waals surface area contributed by atoms with E-state index in [1.54, 1.807) is 0 Å². The van der Waals surface area contributed by atoms with E-state index >= 15 is 0 Å². The number of hydrogen-bond donors (Lipinski definition) is 2. The monoisotopic (exact) mass is 322 g/mol. The fourth-order valence-corrected chi connectivity index (χ4v) is 4.15. The molecule has 9 heteroatoms. The van der Waals surface area contributed by atoms with Crippen molar-refractivity contribution >= 4 is 19.9 Å². The first-order chi connectivity index (χ1) is 9.11. The Morgan fingerprint density at radius 1 is 1.50 bits per heavy atom. The second-order valence-corrected chi connectivity index (χ2v) is 8.82. The van der Waals surface area contributed by atoms with Crippen LogP contribution in [-0.4, -0.2) is 29.1 Å². The van der Waals surface area contributed by atoms with E-state index in [4.69, 9.17) is 9.56 Å². The zero-order valence-corrected chi connectivity index (χ0v) is 12.9. The topological polar surface area (TPSA) is 119 Å². The van der Waals surface area contributed by atoms with Crippen LogP contribution in [0.2, 0.25) is 0 Å². The molecule has 0 spiro atoms. The van der Waals surface area contributed by atoms with E-state index in [2.05, 4.69) is 5.32 Å². The Hall–Kier alpha value is -0.900. The zero-order valence-electron chi connectivity index (χ0n) is 11.3. The van der Waals surface area contributed by atoms with Gasteiger partial charge in [-0.05, 0) is 18.9 Å². The van der Waals surface area contributed by atoms with E-state index < -0.39 is 25.0 Å². The van der Waals surface area contributed by atoms with Gasteiger partial charge in [-0.2, -0.15) is 0 Å². The van der Waals surface area contributed by atoms with Gasteiger partial charge in [-0.25, -0.2) is 22.0 Å². The quantitative estimate of drug-likeness (QED) is 0.827. The van der Waals surface area contributed by atoms with Crippen LogP contribution >= 0.6 is 0 Å². The maximum absolute atomic E-state index is 11.9. The van der Waals surface area contributed by atoms with Gasteiger partial charge in [0.15, 0.2) is 0 Å². The van der Waals surface area contributed by atoms with Crippen molar-refractivity contribution in [2.45, 2.75) is 36.5 Å². The molecule has 1 aromatic rings. The molecule has 2 heterocycles. The van der Waals surface area contributed by atoms with Crippen molar-refractivity contribution in [1.29, 1.82) is 0 Å². The summed E-state index contributed by atoms with van der Waals surface area (Å²) < 4.78 is 51.5. The summed E-state index contributed by atoms with van der Waals surface area (Å²) in [5.74, 6) is 0.314. The number of nitrogens with one attached hydrogen (secondary N) is 1. The van der Waals surface area contributed by atoms with E-state index in [1.165, 1.54) is 6.07 Å². The van der Waals surface area contributed by atoms with Gasteiger partial charge < -0.3 is 9.73 Å². The van der Waals surface area contributed by atoms with Crippen LogP contribution in [0.5, 0.6) is 0 Å². The largest absolute Gasteiger partial charge is 0.431 e. The average Bonchev–Trinajstić information content (AvgIpc) is 2.73. The summed E-state index contributed by atoms with van der Waals surface area (Å²) >= 11 is 0. The predicted molar refractivity (Wildman–Crippen MR) is 72.3 cm³/mol. The van der Waals surface area contributed by atoms with Gasteiger partial charge in [-0.1, -0.05) is 13.8 Å². The molecule has 0 amide bonds. The van der Waals surface area contributed by atoms with Crippen LogP contribution in [0.4, 0.5) is 0 Å². The molecule has 0 aliphatic carbocycles. The van der Waals surface area contributed by atoms with E-state index in [1.807, 2.05) is 13.8 Å². The first kappa shape index (κ1) is 15.5. The number of sulfone groups is 1. The van der Waals surface area contributed by atoms with Crippen molar-refractivity contribution in [3.05, 3.63) is 11.6 Å². The first-order valence-electron chi connectivity index (χ1n) is 6.24. The van der Waals surface area contributed by atoms with Crippen LogP contribution in [0.1, 0.15) is 31.9 Å². The molecule has 0 fully saturated rings. The molecule has 0 saturated carbocycles. The van der Waals surface area contributed by atoms with Gasteiger partial charge in [0.2, 0.25) is 20.0 Å². The van der Waals surface area contributed by atoms with E-state index in [9.17, 15) is 16.8 Å². The summed E-state index contributed by atoms with van der Waals surface area (Å²) in [6.45, 7) is 4.75. The highest BCUT2D eigenvalue weighted by atomic mass is 32.2. The van der Waals surface area contributed by atoms with E-state index in [-0.39, 0.29) is 16.9 Å². The van der Waals surface area contributed by atoms with Crippen molar-refractivity contribution in [1.82, 2.24) is 5.32 Å². The van der Waals surface area contributed by atoms with Crippen molar-refractivity contribution in [2.24, 2.45) is 11.1 Å². The lowest BCUT2D eigenvalue weighted by Crippen LogP contribution is -2.31. The molecule has 0 bridgehead atoms. The van der Waals surface area contributed by atoms with Gasteiger partial charge in [0.05, 0.1) is 5.75 Å². The van der Waals surface area contributed by atoms with Gasteiger partial charge in [-0.15, -0.1) is 0 Å². The average molecular weight is 322 g/mol. The molecule has 114 valence electrons. The first-order valence-corrected chi connectivity index (χ1v) is 9.44. The van der Waals surface area contributed by atoms with Crippen molar-refractivity contribution in [2.75, 3.05) is 12.3 Å². The molecule has 2 rings (SSSR count). The van der Waals surface area contributed by atoms with Gasteiger partial charge in [0.1, 0.15) is 0 Å². The third-order valence-corrected chi connectivity index (χ3v) is 5.51. The molecule has 0 saturated heterocycles. The lowest BCUT2D eigenvalue weighted by atomic mass is 10.1. The summed E-state index contributed by atoms with van der Waals surface area (Å²) in [6, 6.07) is 0.967. The van der Waals surface area contributed by atoms with Crippen molar-refractivity contribution in [3.8, 4) is 0 Å². The molecule has 20 heavy (non-hydrogen) atoms. The van der Waals surface area contributed by atoms with Crippen molar-refractivity contribution in [3.63, 3.8) is 0 Å². The lowest BCUT2D eigenvalue weighted by Gasteiger charge is -2.23. The number of fused-ring (bicyclic) bond motifs is 1. The fourth-order valence-electron chi connectivity index (χ4n) is 2.10. The summed E-state index contributed by atoms with van der Waals surface area (Å²) in [5, 5.41) is 7.41. The van der Waals surface area contributed by atoms with Crippen LogP contribution in [0, 0.1) is 5.92 Å². The van der Waals surface area contributed by atoms with Crippen LogP contribution in [0.25, 0.3) is 0 Å². The molecular weight excluding hydrogens is 304 g/mol. The van der Waals surface area contributed by atoms with Crippen LogP contribution in [0.15, 0.2) is 20.7 Å². The minimum absolute atomic E-state index is 0.0761. The molecule has 7 nitrogen and oxygen atoms in total. The highest BCUT2D eigenvalue weighted by Gasteiger charge is 2.36. The summed E-state index contributed by atoms with van der Waals surface area (Å²) in [5.41, 5.74) is 0.348. The molecule has 1 aliphatic rings. The van der Waals surface area contributed by atoms with Gasteiger partial charge in [-0.3, -0.25) is 0 Å². The number of rotatable bonds is 4. The van der Waals surface area contributed by atoms with Gasteiger partial charge in [0.25, 0.3) is 10.0 Å². The lowest BCUT2D eigenvalue weighted by molar-refractivity contribution is 0.351. The highest BCUT2D eigenvalue weighted by molar-refractivity contribution is 7.91. The van der Waals surface area contributed by atoms with E-state index in [0.717, 1.165) is 0 Å². The third-order valence-electron chi connectivity index (χ3n) is 3.09. The van der Waals surface area contributed by atoms with Crippen LogP contribution in [0.3, 0.4) is 0 Å². The molecule has 1 unspecified atom stereocenters. The summed E-state index contributed by atoms with van der Waals surface area (Å²) in [7, 11) is -7.64. The van der Waals surface area contributed by atoms with Crippen molar-refractivity contribution < 1.29 is 21.3 Å². The normalized spacial score (nSPS) is 21.9. The molecule has 0 aromatic carbocycles. The maximum atomic E-state index is 11.9. The standard InChI is InChI=1S/C11H18N2O5S2/c1-7(2)6-13-9-3-4-19(14,15)11-8(9)5-10(18-11)20(12,16)17/h5,7,9,13H,3-4,6H2,1-2H3,(H2,12,16,17). The van der Waals surface area contributed by atoms with Gasteiger partial charge in [0, 0.05) is 17.7 Å². The van der Waals surface area contributed by atoms with Gasteiger partial charge >= 0.3 is 0 Å². The number of sulfonamides is 1. The summed E-state index contributed by atoms with van der Waals surface area (Å²) in [6.07, 6.45) is 0.381. The minimum Gasteiger partial charge on any atom is -0.431 e. The molecule has 1 atom stereocenters. The number of nitrogens with two attached hydrogens (primary N) is 1. The Morgan fingerprint density at radius 2 is 2.15 bits per heavy atom. The highest BCUT2D eigenvalue weighted by Crippen LogP contribution is 2.35. The zero-order chi connectivity index (χ0) is 15.1. The number of hydrogen-bond acceptors (Lipinski definition) is 6. The molecule has 1 aromatic heterocycles.